The first kappa shape index (κ1) is 19.8. The third-order valence-corrected chi connectivity index (χ3v) is 5.98. The molecule has 0 radical (unpaired) electrons. The third kappa shape index (κ3) is 3.94. The fraction of sp³-hybridized carbons (Fsp3) is 0.333. The molecule has 1 unspecified atom stereocenters. The molecule has 0 saturated carbocycles. The molecule has 2 aromatic carbocycles. The number of hydrogen-bond donors (Lipinski definition) is 2. The van der Waals surface area contributed by atoms with Gasteiger partial charge in [-0.3, -0.25) is 14.4 Å². The van der Waals surface area contributed by atoms with E-state index in [1.165, 1.54) is 10.9 Å². The highest BCUT2D eigenvalue weighted by Crippen LogP contribution is 2.32. The van der Waals surface area contributed by atoms with E-state index in [2.05, 4.69) is 40.2 Å². The first-order chi connectivity index (χ1) is 15.1. The number of carbonyl (C=O) groups is 1. The van der Waals surface area contributed by atoms with Gasteiger partial charge in [0.25, 0.3) is 0 Å². The van der Waals surface area contributed by atoms with Gasteiger partial charge in [-0.05, 0) is 36.8 Å². The second-order valence-electron chi connectivity index (χ2n) is 8.32. The smallest absolute Gasteiger partial charge is 0.219 e. The fourth-order valence-electron chi connectivity index (χ4n) is 4.43. The molecule has 160 valence electrons. The van der Waals surface area contributed by atoms with Crippen LogP contribution in [0.3, 0.4) is 0 Å². The Hall–Kier alpha value is -3.16. The van der Waals surface area contributed by atoms with Crippen LogP contribution in [0.15, 0.2) is 48.5 Å². The summed E-state index contributed by atoms with van der Waals surface area (Å²) in [6.07, 6.45) is 0.253. The molecular weight excluding hydrogens is 390 g/mol. The Morgan fingerprint density at radius 1 is 1.19 bits per heavy atom. The summed E-state index contributed by atoms with van der Waals surface area (Å²) in [6, 6.07) is 16.7. The van der Waals surface area contributed by atoms with Gasteiger partial charge in [-0.25, -0.2) is 0 Å². The lowest BCUT2D eigenvalue weighted by Crippen LogP contribution is -2.35. The minimum atomic E-state index is -0.327. The summed E-state index contributed by atoms with van der Waals surface area (Å²) in [4.78, 5) is 17.4. The van der Waals surface area contributed by atoms with Crippen LogP contribution in [-0.4, -0.2) is 51.9 Å². The van der Waals surface area contributed by atoms with Crippen LogP contribution in [0.1, 0.15) is 24.9 Å². The van der Waals surface area contributed by atoms with Gasteiger partial charge in [-0.1, -0.05) is 24.3 Å². The van der Waals surface area contributed by atoms with E-state index >= 15 is 0 Å². The Kier molecular flexibility index (Phi) is 5.21. The van der Waals surface area contributed by atoms with Gasteiger partial charge in [0.05, 0.1) is 30.5 Å². The molecule has 7 heteroatoms. The summed E-state index contributed by atoms with van der Waals surface area (Å²) in [6.45, 7) is 6.46. The van der Waals surface area contributed by atoms with Gasteiger partial charge >= 0.3 is 0 Å². The number of para-hydroxylation sites is 1. The summed E-state index contributed by atoms with van der Waals surface area (Å²) in [7, 11) is 0. The Bertz CT molecular complexity index is 1240. The maximum absolute atomic E-state index is 11.5. The molecule has 0 spiro atoms. The Morgan fingerprint density at radius 2 is 2.00 bits per heavy atom. The van der Waals surface area contributed by atoms with Crippen molar-refractivity contribution in [3.8, 4) is 11.4 Å². The van der Waals surface area contributed by atoms with E-state index in [0.717, 1.165) is 60.7 Å². The maximum Gasteiger partial charge on any atom is 0.219 e. The normalized spacial score (nSPS) is 16.2. The monoisotopic (exact) mass is 417 g/mol. The molecule has 1 amide bonds. The number of carbonyl (C=O) groups excluding carboxylic acids is 1. The number of nitrogens with one attached hydrogen (secondary N) is 1. The van der Waals surface area contributed by atoms with Crippen molar-refractivity contribution in [3.05, 3.63) is 54.1 Å². The van der Waals surface area contributed by atoms with Crippen LogP contribution in [0.25, 0.3) is 33.2 Å². The van der Waals surface area contributed by atoms with Crippen molar-refractivity contribution >= 4 is 27.7 Å². The molecular formula is C24H27N5O2. The lowest BCUT2D eigenvalue weighted by atomic mass is 10.1. The number of primary amides is 1. The van der Waals surface area contributed by atoms with Crippen molar-refractivity contribution in [3.63, 3.8) is 0 Å². The minimum absolute atomic E-state index is 0.111. The summed E-state index contributed by atoms with van der Waals surface area (Å²) < 4.78 is 7.36. The van der Waals surface area contributed by atoms with Gasteiger partial charge in [0.15, 0.2) is 0 Å². The molecule has 1 fully saturated rings. The quantitative estimate of drug-likeness (QED) is 0.503. The van der Waals surface area contributed by atoms with Gasteiger partial charge < -0.3 is 15.5 Å². The van der Waals surface area contributed by atoms with Crippen molar-refractivity contribution in [1.29, 1.82) is 0 Å². The summed E-state index contributed by atoms with van der Waals surface area (Å²) >= 11 is 0. The van der Waals surface area contributed by atoms with E-state index in [1.54, 1.807) is 0 Å². The molecule has 1 aliphatic rings. The Balaban J connectivity index is 1.50. The number of H-pyrrole nitrogens is 1. The van der Waals surface area contributed by atoms with Crippen LogP contribution in [-0.2, 0) is 16.1 Å². The second kappa shape index (κ2) is 8.17. The zero-order chi connectivity index (χ0) is 21.4. The summed E-state index contributed by atoms with van der Waals surface area (Å²) in [5, 5.41) is 7.10. The number of nitrogens with two attached hydrogens (primary N) is 1. The van der Waals surface area contributed by atoms with E-state index in [-0.39, 0.29) is 18.4 Å². The predicted octanol–water partition coefficient (Wildman–Crippen LogP) is 3.45. The average Bonchev–Trinajstić information content (AvgIpc) is 3.35. The van der Waals surface area contributed by atoms with Gasteiger partial charge in [-0.15, -0.1) is 0 Å². The average molecular weight is 418 g/mol. The Morgan fingerprint density at radius 3 is 2.81 bits per heavy atom. The molecule has 4 aromatic rings. The van der Waals surface area contributed by atoms with Crippen LogP contribution in [0.4, 0.5) is 0 Å². The van der Waals surface area contributed by atoms with Crippen LogP contribution in [0.5, 0.6) is 0 Å². The lowest BCUT2D eigenvalue weighted by molar-refractivity contribution is -0.118. The number of fused-ring (bicyclic) bond motifs is 2. The number of morpholine rings is 1. The number of aromatic amines is 1. The zero-order valence-corrected chi connectivity index (χ0v) is 17.7. The number of amides is 1. The number of aromatic nitrogens is 3. The molecule has 1 saturated heterocycles. The predicted molar refractivity (Wildman–Crippen MR) is 122 cm³/mol. The number of nitrogens with zero attached hydrogens (tertiary/aromatic N) is 3. The van der Waals surface area contributed by atoms with Crippen LogP contribution in [0.2, 0.25) is 0 Å². The van der Waals surface area contributed by atoms with Gasteiger partial charge in [-0.2, -0.15) is 5.10 Å². The van der Waals surface area contributed by atoms with Crippen molar-refractivity contribution in [2.45, 2.75) is 25.9 Å². The van der Waals surface area contributed by atoms with Gasteiger partial charge in [0, 0.05) is 42.3 Å². The van der Waals surface area contributed by atoms with Crippen molar-refractivity contribution in [2.24, 2.45) is 5.73 Å². The highest BCUT2D eigenvalue weighted by atomic mass is 16.5. The largest absolute Gasteiger partial charge is 0.379 e. The molecule has 0 bridgehead atoms. The third-order valence-electron chi connectivity index (χ3n) is 5.98. The van der Waals surface area contributed by atoms with E-state index < -0.39 is 0 Å². The van der Waals surface area contributed by atoms with Crippen LogP contribution < -0.4 is 5.73 Å². The molecule has 5 rings (SSSR count). The fourth-order valence-corrected chi connectivity index (χ4v) is 4.43. The molecule has 0 aliphatic carbocycles. The van der Waals surface area contributed by atoms with E-state index in [1.807, 2.05) is 29.8 Å². The topological polar surface area (TPSA) is 89.2 Å². The standard InChI is InChI=1S/C24H27N5O2/c1-16(12-23(25)30)29-22-5-3-2-4-19(22)24(27-29)21-14-18-13-17(6-7-20(18)26-21)15-28-8-10-31-11-9-28/h2-7,13-14,16,26H,8-12,15H2,1H3,(H2,25,30). The molecule has 7 nitrogen and oxygen atoms in total. The number of benzene rings is 2. The van der Waals surface area contributed by atoms with Crippen LogP contribution >= 0.6 is 0 Å². The molecule has 3 heterocycles. The van der Waals surface area contributed by atoms with Crippen molar-refractivity contribution < 1.29 is 9.53 Å². The summed E-state index contributed by atoms with van der Waals surface area (Å²) in [5.74, 6) is -0.327. The highest BCUT2D eigenvalue weighted by molar-refractivity contribution is 5.96. The van der Waals surface area contributed by atoms with E-state index in [0.29, 0.717) is 0 Å². The van der Waals surface area contributed by atoms with Crippen molar-refractivity contribution in [2.75, 3.05) is 26.3 Å². The maximum atomic E-state index is 11.5. The van der Waals surface area contributed by atoms with E-state index in [9.17, 15) is 4.79 Å². The summed E-state index contributed by atoms with van der Waals surface area (Å²) in [5.41, 5.74) is 10.7. The number of rotatable bonds is 6. The first-order valence-corrected chi connectivity index (χ1v) is 10.8. The zero-order valence-electron chi connectivity index (χ0n) is 17.7. The molecule has 1 atom stereocenters. The first-order valence-electron chi connectivity index (χ1n) is 10.8. The molecule has 31 heavy (non-hydrogen) atoms. The molecule has 3 N–H and O–H groups in total. The number of ether oxygens (including phenoxy) is 1. The van der Waals surface area contributed by atoms with Gasteiger partial charge in [0.1, 0.15) is 5.69 Å². The van der Waals surface area contributed by atoms with Gasteiger partial charge in [0.2, 0.25) is 5.91 Å². The SMILES string of the molecule is CC(CC(N)=O)n1nc(-c2cc3cc(CN4CCOCC4)ccc3[nH]2)c2ccccc21. The molecule has 2 aromatic heterocycles. The minimum Gasteiger partial charge on any atom is -0.379 e. The highest BCUT2D eigenvalue weighted by Gasteiger charge is 2.19. The Labute approximate surface area is 180 Å². The molecule has 1 aliphatic heterocycles. The van der Waals surface area contributed by atoms with Crippen LogP contribution in [0, 0.1) is 0 Å². The lowest BCUT2D eigenvalue weighted by Gasteiger charge is -2.26. The van der Waals surface area contributed by atoms with Crippen molar-refractivity contribution in [1.82, 2.24) is 19.7 Å². The second-order valence-corrected chi connectivity index (χ2v) is 8.32. The number of hydrogen-bond acceptors (Lipinski definition) is 4. The van der Waals surface area contributed by atoms with E-state index in [4.69, 9.17) is 15.6 Å².